The molecule has 0 saturated heterocycles. The van der Waals surface area contributed by atoms with Crippen molar-refractivity contribution in [3.63, 3.8) is 0 Å². The first-order valence-corrected chi connectivity index (χ1v) is 20.3. The molecule has 0 aromatic heterocycles. The summed E-state index contributed by atoms with van der Waals surface area (Å²) in [4.78, 5) is 0. The summed E-state index contributed by atoms with van der Waals surface area (Å²) in [6, 6.07) is 48.7. The molecule has 7 rings (SSSR count). The Labute approximate surface area is 301 Å². The minimum Gasteiger partial charge on any atom is -0.456 e. The first-order valence-electron chi connectivity index (χ1n) is 17.6. The van der Waals surface area contributed by atoms with Crippen LogP contribution in [0.15, 0.2) is 140 Å². The molecule has 0 spiro atoms. The van der Waals surface area contributed by atoms with Crippen molar-refractivity contribution in [2.75, 3.05) is 26.2 Å². The van der Waals surface area contributed by atoms with E-state index < -0.39 is 6.34 Å². The number of hydrogen-bond acceptors (Lipinski definition) is 3. The van der Waals surface area contributed by atoms with Gasteiger partial charge in [-0.2, -0.15) is 0 Å². The van der Waals surface area contributed by atoms with Crippen molar-refractivity contribution >= 4 is 55.8 Å². The average molecular weight is 695 g/mol. The Bertz CT molecular complexity index is 2220. The lowest BCUT2D eigenvalue weighted by atomic mass is 9.98. The number of rotatable bonds is 12. The Kier molecular flexibility index (Phi) is 10.0. The van der Waals surface area contributed by atoms with Crippen molar-refractivity contribution in [3.8, 4) is 34.1 Å². The molecule has 7 aromatic rings. The van der Waals surface area contributed by atoms with Gasteiger partial charge in [0.25, 0.3) is 0 Å². The van der Waals surface area contributed by atoms with Gasteiger partial charge in [-0.25, -0.2) is 0 Å². The second-order valence-electron chi connectivity index (χ2n) is 12.4. The van der Waals surface area contributed by atoms with Gasteiger partial charge in [0.2, 0.25) is 0 Å². The molecule has 6 heteroatoms. The summed E-state index contributed by atoms with van der Waals surface area (Å²) in [6.07, 6.45) is -2.65. The van der Waals surface area contributed by atoms with Gasteiger partial charge in [-0.1, -0.05) is 143 Å². The molecule has 0 heterocycles. The van der Waals surface area contributed by atoms with E-state index in [4.69, 9.17) is 21.3 Å². The summed E-state index contributed by atoms with van der Waals surface area (Å²) in [7, 11) is 0. The minimum atomic E-state index is -2.65. The molecular formula is C44H43N2O2PS. The molecule has 252 valence electrons. The number of hydrogen-bond donors (Lipinski definition) is 0. The molecule has 0 radical (unpaired) electrons. The molecule has 0 bridgehead atoms. The van der Waals surface area contributed by atoms with Crippen LogP contribution in [-0.2, 0) is 11.8 Å². The molecule has 7 aromatic carbocycles. The largest absolute Gasteiger partial charge is 0.456 e. The van der Waals surface area contributed by atoms with E-state index in [0.717, 1.165) is 76.4 Å². The maximum atomic E-state index is 7.09. The summed E-state index contributed by atoms with van der Waals surface area (Å²) in [5.41, 5.74) is 2.12. The average Bonchev–Trinajstić information content (AvgIpc) is 3.15. The number of nitrogens with zero attached hydrogens (tertiary/aromatic N) is 2. The molecule has 4 nitrogen and oxygen atoms in total. The molecule has 0 aliphatic rings. The van der Waals surface area contributed by atoms with E-state index in [1.165, 1.54) is 21.5 Å². The summed E-state index contributed by atoms with van der Waals surface area (Å²) in [5.74, 6) is 2.97. The summed E-state index contributed by atoms with van der Waals surface area (Å²) >= 11 is 7.01. The van der Waals surface area contributed by atoms with Gasteiger partial charge in [0, 0.05) is 26.2 Å². The molecule has 0 aliphatic carbocycles. The summed E-state index contributed by atoms with van der Waals surface area (Å²) in [6.45, 7) is 12.0. The van der Waals surface area contributed by atoms with E-state index in [-0.39, 0.29) is 0 Å². The van der Waals surface area contributed by atoms with Crippen LogP contribution in [0.4, 0.5) is 0 Å². The second-order valence-corrected chi connectivity index (χ2v) is 16.6. The van der Waals surface area contributed by atoms with Gasteiger partial charge in [-0.3, -0.25) is 9.34 Å². The van der Waals surface area contributed by atoms with Crippen LogP contribution in [0.3, 0.4) is 0 Å². The molecule has 0 fully saturated rings. The Morgan fingerprint density at radius 3 is 1.42 bits per heavy atom. The Morgan fingerprint density at radius 1 is 0.480 bits per heavy atom. The van der Waals surface area contributed by atoms with E-state index in [9.17, 15) is 0 Å². The van der Waals surface area contributed by atoms with Crippen LogP contribution in [-0.4, -0.2) is 35.5 Å². The lowest BCUT2D eigenvalue weighted by Crippen LogP contribution is -2.37. The molecule has 0 amide bonds. The number of ether oxygens (including phenoxy) is 2. The predicted octanol–water partition coefficient (Wildman–Crippen LogP) is 12.0. The smallest absolute Gasteiger partial charge is 0.142 e. The zero-order valence-electron chi connectivity index (χ0n) is 29.2. The van der Waals surface area contributed by atoms with Crippen molar-refractivity contribution in [3.05, 3.63) is 140 Å². The van der Waals surface area contributed by atoms with E-state index in [2.05, 4.69) is 177 Å². The number of fused-ring (bicyclic) bond motifs is 3. The summed E-state index contributed by atoms with van der Waals surface area (Å²) in [5, 5.41) is 7.86. The van der Waals surface area contributed by atoms with Crippen LogP contribution >= 0.6 is 6.34 Å². The topological polar surface area (TPSA) is 24.9 Å². The van der Waals surface area contributed by atoms with Crippen LogP contribution in [0.25, 0.3) is 43.4 Å². The zero-order chi connectivity index (χ0) is 34.7. The normalized spacial score (nSPS) is 12.0. The van der Waals surface area contributed by atoms with Crippen molar-refractivity contribution in [1.82, 2.24) is 9.34 Å². The quantitative estimate of drug-likeness (QED) is 0.119. The maximum absolute atomic E-state index is 7.09. The van der Waals surface area contributed by atoms with Gasteiger partial charge in [-0.05, 0) is 79.8 Å². The lowest BCUT2D eigenvalue weighted by molar-refractivity contribution is 0.422. The summed E-state index contributed by atoms with van der Waals surface area (Å²) < 4.78 is 19.1. The lowest BCUT2D eigenvalue weighted by Gasteiger charge is -2.42. The van der Waals surface area contributed by atoms with Gasteiger partial charge in [-0.15, -0.1) is 0 Å². The fourth-order valence-electron chi connectivity index (χ4n) is 7.05. The third kappa shape index (κ3) is 6.43. The molecule has 0 N–H and O–H groups in total. The zero-order valence-corrected chi connectivity index (χ0v) is 30.9. The van der Waals surface area contributed by atoms with E-state index in [1.807, 2.05) is 0 Å². The Morgan fingerprint density at radius 2 is 0.920 bits per heavy atom. The van der Waals surface area contributed by atoms with Gasteiger partial charge in [0.05, 0.1) is 5.30 Å². The van der Waals surface area contributed by atoms with Crippen LogP contribution in [0, 0.1) is 0 Å². The molecule has 50 heavy (non-hydrogen) atoms. The van der Waals surface area contributed by atoms with Gasteiger partial charge in [0.1, 0.15) is 29.3 Å². The van der Waals surface area contributed by atoms with Crippen molar-refractivity contribution in [2.45, 2.75) is 27.7 Å². The van der Waals surface area contributed by atoms with Crippen LogP contribution in [0.1, 0.15) is 27.7 Å². The maximum Gasteiger partial charge on any atom is 0.142 e. The van der Waals surface area contributed by atoms with Crippen LogP contribution in [0.2, 0.25) is 0 Å². The van der Waals surface area contributed by atoms with Crippen LogP contribution in [0.5, 0.6) is 23.0 Å². The molecule has 0 saturated carbocycles. The second kappa shape index (κ2) is 14.8. The standard InChI is InChI=1S/C44H43N2O2PS/c1-5-45(6-2)49(50,46(7-3)8-4)44-42(47-38-26-24-32-16-9-11-19-35(32)28-38)30-37(41-23-15-21-34-18-13-14-22-40(34)41)31-43(44)48-39-27-25-33-17-10-12-20-36(33)29-39/h9-31H,5-8H2,1-4H3. The predicted molar refractivity (Wildman–Crippen MR) is 217 cm³/mol. The molecular weight excluding hydrogens is 652 g/mol. The van der Waals surface area contributed by atoms with Gasteiger partial charge >= 0.3 is 0 Å². The monoisotopic (exact) mass is 694 g/mol. The number of benzene rings is 7. The van der Waals surface area contributed by atoms with E-state index in [1.54, 1.807) is 0 Å². The minimum absolute atomic E-state index is 0.726. The third-order valence-corrected chi connectivity index (χ3v) is 15.2. The fourth-order valence-corrected chi connectivity index (χ4v) is 12.2. The Hall–Kier alpha value is -4.51. The SMILES string of the molecule is CCN(CC)P(=S)(c1c(Oc2ccc3ccccc3c2)cc(-c2cccc3ccccc23)cc1Oc1ccc2ccccc2c1)N(CC)CC. The van der Waals surface area contributed by atoms with E-state index in [0.29, 0.717) is 0 Å². The first kappa shape index (κ1) is 34.0. The van der Waals surface area contributed by atoms with Crippen molar-refractivity contribution < 1.29 is 9.47 Å². The first-order chi connectivity index (χ1) is 24.5. The van der Waals surface area contributed by atoms with Gasteiger partial charge < -0.3 is 9.47 Å². The highest BCUT2D eigenvalue weighted by Crippen LogP contribution is 2.57. The van der Waals surface area contributed by atoms with Crippen molar-refractivity contribution in [1.29, 1.82) is 0 Å². The third-order valence-electron chi connectivity index (χ3n) is 9.56. The van der Waals surface area contributed by atoms with E-state index >= 15 is 0 Å². The molecule has 0 atom stereocenters. The highest BCUT2D eigenvalue weighted by atomic mass is 32.4. The van der Waals surface area contributed by atoms with Crippen molar-refractivity contribution in [2.24, 2.45) is 0 Å². The highest BCUT2D eigenvalue weighted by molar-refractivity contribution is 8.16. The fraction of sp³-hybridized carbons (Fsp3) is 0.182. The molecule has 0 aliphatic heterocycles. The Balaban J connectivity index is 1.54. The highest BCUT2D eigenvalue weighted by Gasteiger charge is 2.38. The molecule has 0 unspecified atom stereocenters. The van der Waals surface area contributed by atoms with Gasteiger partial charge in [0.15, 0.2) is 0 Å². The van der Waals surface area contributed by atoms with Crippen LogP contribution < -0.4 is 14.8 Å².